The molecule has 0 spiro atoms. The van der Waals surface area contributed by atoms with Crippen molar-refractivity contribution in [3.63, 3.8) is 0 Å². The highest BCUT2D eigenvalue weighted by Crippen LogP contribution is 2.22. The smallest absolute Gasteiger partial charge is 0.253 e. The molecule has 1 aromatic carbocycles. The zero-order valence-electron chi connectivity index (χ0n) is 16.4. The second-order valence-electron chi connectivity index (χ2n) is 8.78. The van der Waals surface area contributed by atoms with E-state index in [0.717, 1.165) is 44.5 Å². The molecule has 26 heavy (non-hydrogen) atoms. The summed E-state index contributed by atoms with van der Waals surface area (Å²) >= 11 is 0. The van der Waals surface area contributed by atoms with Crippen molar-refractivity contribution < 1.29 is 9.90 Å². The highest BCUT2D eigenvalue weighted by molar-refractivity contribution is 5.94. The van der Waals surface area contributed by atoms with Crippen LogP contribution in [0.4, 0.5) is 0 Å². The second-order valence-corrected chi connectivity index (χ2v) is 8.78. The molecule has 0 aromatic heterocycles. The zero-order chi connectivity index (χ0) is 18.6. The number of nitrogens with zero attached hydrogens (tertiary/aromatic N) is 2. The lowest BCUT2D eigenvalue weighted by Crippen LogP contribution is -2.43. The molecule has 4 nitrogen and oxygen atoms in total. The number of carbonyl (C=O) groups is 1. The van der Waals surface area contributed by atoms with Crippen LogP contribution in [-0.2, 0) is 6.42 Å². The lowest BCUT2D eigenvalue weighted by molar-refractivity contribution is 0.0647. The number of rotatable bonds is 6. The van der Waals surface area contributed by atoms with Crippen LogP contribution in [-0.4, -0.2) is 59.1 Å². The molecule has 2 aliphatic rings. The van der Waals surface area contributed by atoms with E-state index in [2.05, 4.69) is 9.80 Å². The van der Waals surface area contributed by atoms with Crippen molar-refractivity contribution in [3.8, 4) is 0 Å². The molecule has 0 saturated carbocycles. The molecule has 4 heteroatoms. The van der Waals surface area contributed by atoms with E-state index in [1.54, 1.807) is 0 Å². The standard InChI is InChI=1S/C22H34N2O2/c1-22(2,26)12-11-18-7-9-20(10-8-18)21(25)24-15-5-6-19(17-24)16-23-13-3-4-14-23/h7-10,19,26H,3-6,11-17H2,1-2H3. The van der Waals surface area contributed by atoms with Crippen LogP contribution in [0.2, 0.25) is 0 Å². The topological polar surface area (TPSA) is 43.8 Å². The molecule has 0 bridgehead atoms. The SMILES string of the molecule is CC(C)(O)CCc1ccc(C(=O)N2CCCC(CN3CCCC3)C2)cc1. The summed E-state index contributed by atoms with van der Waals surface area (Å²) in [5, 5.41) is 9.85. The number of likely N-dealkylation sites (tertiary alicyclic amines) is 2. The Kier molecular flexibility index (Phi) is 6.36. The molecule has 144 valence electrons. The minimum Gasteiger partial charge on any atom is -0.390 e. The van der Waals surface area contributed by atoms with Gasteiger partial charge in [0.1, 0.15) is 0 Å². The third kappa shape index (κ3) is 5.55. The molecule has 2 fully saturated rings. The van der Waals surface area contributed by atoms with Gasteiger partial charge >= 0.3 is 0 Å². The van der Waals surface area contributed by atoms with E-state index in [9.17, 15) is 9.90 Å². The highest BCUT2D eigenvalue weighted by atomic mass is 16.3. The summed E-state index contributed by atoms with van der Waals surface area (Å²) in [7, 11) is 0. The third-order valence-electron chi connectivity index (χ3n) is 5.75. The Morgan fingerprint density at radius 2 is 1.81 bits per heavy atom. The fourth-order valence-corrected chi connectivity index (χ4v) is 4.18. The quantitative estimate of drug-likeness (QED) is 0.848. The van der Waals surface area contributed by atoms with Gasteiger partial charge in [0.05, 0.1) is 5.60 Å². The van der Waals surface area contributed by atoms with E-state index in [-0.39, 0.29) is 5.91 Å². The number of amides is 1. The first-order valence-electron chi connectivity index (χ1n) is 10.2. The second kappa shape index (κ2) is 8.53. The molecule has 2 heterocycles. The first-order valence-corrected chi connectivity index (χ1v) is 10.2. The number of hydrogen-bond acceptors (Lipinski definition) is 3. The molecule has 1 atom stereocenters. The van der Waals surface area contributed by atoms with Crippen LogP contribution in [0.25, 0.3) is 0 Å². The first-order chi connectivity index (χ1) is 12.4. The van der Waals surface area contributed by atoms with Crippen LogP contribution >= 0.6 is 0 Å². The molecule has 1 unspecified atom stereocenters. The van der Waals surface area contributed by atoms with Crippen LogP contribution < -0.4 is 0 Å². The maximum atomic E-state index is 12.9. The van der Waals surface area contributed by atoms with E-state index in [1.165, 1.54) is 37.9 Å². The summed E-state index contributed by atoms with van der Waals surface area (Å²) in [6.07, 6.45) is 6.58. The summed E-state index contributed by atoms with van der Waals surface area (Å²) in [6, 6.07) is 7.97. The maximum Gasteiger partial charge on any atom is 0.253 e. The van der Waals surface area contributed by atoms with Crippen molar-refractivity contribution in [2.75, 3.05) is 32.7 Å². The molecule has 2 aliphatic heterocycles. The van der Waals surface area contributed by atoms with Gasteiger partial charge in [0.15, 0.2) is 0 Å². The lowest BCUT2D eigenvalue weighted by Gasteiger charge is -2.34. The Labute approximate surface area is 158 Å². The Balaban J connectivity index is 1.54. The molecular weight excluding hydrogens is 324 g/mol. The predicted octanol–water partition coefficient (Wildman–Crippen LogP) is 3.34. The third-order valence-corrected chi connectivity index (χ3v) is 5.75. The normalized spacial score (nSPS) is 22.0. The van der Waals surface area contributed by atoms with Crippen molar-refractivity contribution in [1.82, 2.24) is 9.80 Å². The van der Waals surface area contributed by atoms with Gasteiger partial charge in [-0.05, 0) is 89.1 Å². The molecule has 1 amide bonds. The Hall–Kier alpha value is -1.39. The van der Waals surface area contributed by atoms with Gasteiger partial charge in [-0.2, -0.15) is 0 Å². The van der Waals surface area contributed by atoms with Crippen molar-refractivity contribution in [3.05, 3.63) is 35.4 Å². The van der Waals surface area contributed by atoms with Crippen LogP contribution in [0.1, 0.15) is 61.9 Å². The summed E-state index contributed by atoms with van der Waals surface area (Å²) in [6.45, 7) is 9.07. The van der Waals surface area contributed by atoms with Gasteiger partial charge in [0.2, 0.25) is 0 Å². The average molecular weight is 359 g/mol. The molecule has 2 saturated heterocycles. The first kappa shape index (κ1) is 19.4. The molecule has 1 aromatic rings. The summed E-state index contributed by atoms with van der Waals surface area (Å²) in [4.78, 5) is 17.5. The number of aryl methyl sites for hydroxylation is 1. The Morgan fingerprint density at radius 3 is 2.46 bits per heavy atom. The monoisotopic (exact) mass is 358 g/mol. The van der Waals surface area contributed by atoms with Gasteiger partial charge in [0.25, 0.3) is 5.91 Å². The van der Waals surface area contributed by atoms with Gasteiger partial charge in [-0.3, -0.25) is 4.79 Å². The number of aliphatic hydroxyl groups is 1. The fourth-order valence-electron chi connectivity index (χ4n) is 4.18. The van der Waals surface area contributed by atoms with Gasteiger partial charge in [-0.1, -0.05) is 12.1 Å². The van der Waals surface area contributed by atoms with Crippen LogP contribution in [0.15, 0.2) is 24.3 Å². The summed E-state index contributed by atoms with van der Waals surface area (Å²) in [5.74, 6) is 0.794. The Bertz CT molecular complexity index is 585. The van der Waals surface area contributed by atoms with Crippen molar-refractivity contribution >= 4 is 5.91 Å². The van der Waals surface area contributed by atoms with E-state index >= 15 is 0 Å². The predicted molar refractivity (Wildman–Crippen MR) is 105 cm³/mol. The molecular formula is C22H34N2O2. The van der Waals surface area contributed by atoms with Crippen LogP contribution in [0.3, 0.4) is 0 Å². The number of benzene rings is 1. The van der Waals surface area contributed by atoms with Crippen LogP contribution in [0, 0.1) is 5.92 Å². The van der Waals surface area contributed by atoms with E-state index < -0.39 is 5.60 Å². The molecule has 1 N–H and O–H groups in total. The van der Waals surface area contributed by atoms with Gasteiger partial charge < -0.3 is 14.9 Å². The van der Waals surface area contributed by atoms with E-state index in [4.69, 9.17) is 0 Å². The molecule has 0 aliphatic carbocycles. The number of piperidine rings is 1. The number of hydrogen-bond donors (Lipinski definition) is 1. The van der Waals surface area contributed by atoms with Gasteiger partial charge in [0, 0.05) is 25.2 Å². The van der Waals surface area contributed by atoms with E-state index in [0.29, 0.717) is 5.92 Å². The average Bonchev–Trinajstić information content (AvgIpc) is 3.12. The molecule has 0 radical (unpaired) electrons. The number of carbonyl (C=O) groups excluding carboxylic acids is 1. The minimum absolute atomic E-state index is 0.171. The summed E-state index contributed by atoms with van der Waals surface area (Å²) in [5.41, 5.74) is 1.32. The van der Waals surface area contributed by atoms with Gasteiger partial charge in [-0.15, -0.1) is 0 Å². The highest BCUT2D eigenvalue weighted by Gasteiger charge is 2.26. The molecule has 3 rings (SSSR count). The van der Waals surface area contributed by atoms with Crippen molar-refractivity contribution in [2.24, 2.45) is 5.92 Å². The minimum atomic E-state index is -0.646. The van der Waals surface area contributed by atoms with Gasteiger partial charge in [-0.25, -0.2) is 0 Å². The Morgan fingerprint density at radius 1 is 1.12 bits per heavy atom. The van der Waals surface area contributed by atoms with Crippen LogP contribution in [0.5, 0.6) is 0 Å². The van der Waals surface area contributed by atoms with E-state index in [1.807, 2.05) is 38.1 Å². The summed E-state index contributed by atoms with van der Waals surface area (Å²) < 4.78 is 0. The maximum absolute atomic E-state index is 12.9. The zero-order valence-corrected chi connectivity index (χ0v) is 16.4. The van der Waals surface area contributed by atoms with Crippen molar-refractivity contribution in [2.45, 2.75) is 58.0 Å². The van der Waals surface area contributed by atoms with Crippen molar-refractivity contribution in [1.29, 1.82) is 0 Å². The fraction of sp³-hybridized carbons (Fsp3) is 0.682. The largest absolute Gasteiger partial charge is 0.390 e. The lowest BCUT2D eigenvalue weighted by atomic mass is 9.96.